The van der Waals surface area contributed by atoms with Gasteiger partial charge < -0.3 is 11.5 Å². The molecule has 0 aliphatic rings. The van der Waals surface area contributed by atoms with Gasteiger partial charge in [-0.25, -0.2) is 0 Å². The fourth-order valence-corrected chi connectivity index (χ4v) is 4.37. The molecule has 86 valence electrons. The van der Waals surface area contributed by atoms with E-state index in [-0.39, 0.29) is 0 Å². The molecule has 13 heavy (non-hydrogen) atoms. The molecule has 0 aliphatic carbocycles. The zero-order valence-corrected chi connectivity index (χ0v) is 10.9. The molecule has 0 aromatic carbocycles. The van der Waals surface area contributed by atoms with E-state index in [0.717, 1.165) is 0 Å². The van der Waals surface area contributed by atoms with Crippen LogP contribution >= 0.6 is 0 Å². The van der Waals surface area contributed by atoms with Crippen molar-refractivity contribution >= 4 is 0 Å². The standard InChI is InChI=1S/C2H8N2.4C2H5.Fe/c3-1-2-4;4*1-2;/h1-4H2;4*1H2,2H3;. The Bertz CT molecular complexity index is 73.4. The topological polar surface area (TPSA) is 52.0 Å². The predicted octanol–water partition coefficient (Wildman–Crippen LogP) is 2.80. The summed E-state index contributed by atoms with van der Waals surface area (Å²) in [4.78, 5) is 0. The SMILES string of the molecule is C[CH2][Fe]([CH2]C)([CH2]C)[CH2]C.NCCN. The summed E-state index contributed by atoms with van der Waals surface area (Å²) in [7, 11) is 0. The van der Waals surface area contributed by atoms with Crippen molar-refractivity contribution < 1.29 is 12.8 Å². The normalized spacial score (nSPS) is 11.8. The van der Waals surface area contributed by atoms with E-state index in [1.807, 2.05) is 0 Å². The van der Waals surface area contributed by atoms with E-state index < -0.39 is 12.8 Å². The van der Waals surface area contributed by atoms with Crippen LogP contribution in [0.15, 0.2) is 0 Å². The van der Waals surface area contributed by atoms with Gasteiger partial charge in [0.2, 0.25) is 0 Å². The second kappa shape index (κ2) is 10.5. The third-order valence-electron chi connectivity index (χ3n) is 2.29. The molecule has 0 rings (SSSR count). The second-order valence-electron chi connectivity index (χ2n) is 2.64. The van der Waals surface area contributed by atoms with E-state index in [2.05, 4.69) is 27.7 Å². The van der Waals surface area contributed by atoms with Gasteiger partial charge in [-0.2, -0.15) is 0 Å². The first-order valence-electron chi connectivity index (χ1n) is 5.14. The van der Waals surface area contributed by atoms with Crippen LogP contribution in [0, 0.1) is 0 Å². The minimum absolute atomic E-state index is 0.556. The van der Waals surface area contributed by atoms with Gasteiger partial charge in [-0.05, 0) is 0 Å². The van der Waals surface area contributed by atoms with Crippen molar-refractivity contribution in [3.8, 4) is 0 Å². The van der Waals surface area contributed by atoms with Crippen LogP contribution in [0.2, 0.25) is 21.3 Å². The van der Waals surface area contributed by atoms with Gasteiger partial charge in [-0.1, -0.05) is 0 Å². The van der Waals surface area contributed by atoms with Crippen molar-refractivity contribution in [2.45, 2.75) is 49.0 Å². The van der Waals surface area contributed by atoms with Gasteiger partial charge in [0, 0.05) is 13.1 Å². The van der Waals surface area contributed by atoms with Gasteiger partial charge in [0.05, 0.1) is 0 Å². The van der Waals surface area contributed by atoms with E-state index in [0.29, 0.717) is 13.1 Å². The Morgan fingerprint density at radius 3 is 0.923 bits per heavy atom. The van der Waals surface area contributed by atoms with Crippen LogP contribution in [-0.2, 0) is 12.8 Å². The first kappa shape index (κ1) is 15.9. The van der Waals surface area contributed by atoms with Crippen molar-refractivity contribution in [3.05, 3.63) is 0 Å². The van der Waals surface area contributed by atoms with Crippen molar-refractivity contribution in [1.29, 1.82) is 0 Å². The average Bonchev–Trinajstić information content (AvgIpc) is 2.23. The van der Waals surface area contributed by atoms with E-state index in [1.54, 1.807) is 0 Å². The predicted molar refractivity (Wildman–Crippen MR) is 60.0 cm³/mol. The van der Waals surface area contributed by atoms with Crippen molar-refractivity contribution in [2.75, 3.05) is 13.1 Å². The molecular weight excluding hydrogens is 204 g/mol. The van der Waals surface area contributed by atoms with Gasteiger partial charge in [-0.15, -0.1) is 0 Å². The summed E-state index contributed by atoms with van der Waals surface area (Å²) >= 11 is -0.556. The Labute approximate surface area is 86.7 Å². The molecule has 0 bridgehead atoms. The molecule has 0 saturated heterocycles. The molecule has 0 amide bonds. The van der Waals surface area contributed by atoms with E-state index in [9.17, 15) is 0 Å². The quantitative estimate of drug-likeness (QED) is 0.716. The molecule has 0 aromatic rings. The van der Waals surface area contributed by atoms with Crippen LogP contribution in [0.25, 0.3) is 0 Å². The largest absolute Gasteiger partial charge is 0.329 e. The third-order valence-corrected chi connectivity index (χ3v) is 8.91. The summed E-state index contributed by atoms with van der Waals surface area (Å²) in [6.45, 7) is 10.6. The Kier molecular flexibility index (Phi) is 12.9. The fourth-order valence-electron chi connectivity index (χ4n) is 1.06. The Hall–Kier alpha value is 0.439. The molecule has 0 unspecified atom stereocenters. The number of hydrogen-bond acceptors (Lipinski definition) is 2. The van der Waals surface area contributed by atoms with Crippen molar-refractivity contribution in [3.63, 3.8) is 0 Å². The molecular formula is C10H28FeN2. The monoisotopic (exact) mass is 232 g/mol. The van der Waals surface area contributed by atoms with E-state index >= 15 is 0 Å². The summed E-state index contributed by atoms with van der Waals surface area (Å²) in [6.07, 6.45) is 0. The third kappa shape index (κ3) is 7.51. The van der Waals surface area contributed by atoms with Crippen molar-refractivity contribution in [2.24, 2.45) is 11.5 Å². The van der Waals surface area contributed by atoms with Gasteiger partial charge in [0.25, 0.3) is 0 Å². The molecule has 0 radical (unpaired) electrons. The molecule has 0 spiro atoms. The minimum Gasteiger partial charge on any atom is -0.329 e. The second-order valence-corrected chi connectivity index (χ2v) is 9.07. The van der Waals surface area contributed by atoms with Gasteiger partial charge in [-0.3, -0.25) is 0 Å². The smallest absolute Gasteiger partial charge is 0.00461 e. The van der Waals surface area contributed by atoms with Crippen LogP contribution in [0.5, 0.6) is 0 Å². The maximum absolute atomic E-state index is 4.90. The minimum atomic E-state index is -0.556. The molecule has 2 nitrogen and oxygen atoms in total. The Morgan fingerprint density at radius 1 is 0.692 bits per heavy atom. The maximum Gasteiger partial charge on any atom is 0.00461 e. The van der Waals surface area contributed by atoms with Crippen molar-refractivity contribution in [1.82, 2.24) is 0 Å². The van der Waals surface area contributed by atoms with Crippen LogP contribution in [0.1, 0.15) is 27.7 Å². The summed E-state index contributed by atoms with van der Waals surface area (Å²) in [5.41, 5.74) is 9.81. The first-order valence-corrected chi connectivity index (χ1v) is 8.27. The Morgan fingerprint density at radius 2 is 0.923 bits per heavy atom. The van der Waals surface area contributed by atoms with Gasteiger partial charge >= 0.3 is 61.8 Å². The number of hydrogen-bond donors (Lipinski definition) is 2. The Balaban J connectivity index is 0. The average molecular weight is 232 g/mol. The number of rotatable bonds is 5. The molecule has 0 saturated carbocycles. The molecule has 0 aliphatic heterocycles. The molecule has 0 fully saturated rings. The zero-order chi connectivity index (χ0) is 10.7. The van der Waals surface area contributed by atoms with Gasteiger partial charge in [0.1, 0.15) is 0 Å². The zero-order valence-electron chi connectivity index (χ0n) is 9.75. The van der Waals surface area contributed by atoms with Gasteiger partial charge in [0.15, 0.2) is 0 Å². The molecule has 0 atom stereocenters. The number of nitrogens with two attached hydrogens (primary N) is 2. The van der Waals surface area contributed by atoms with E-state index in [4.69, 9.17) is 11.5 Å². The van der Waals surface area contributed by atoms with E-state index in [1.165, 1.54) is 21.3 Å². The first-order chi connectivity index (χ1) is 6.16. The summed E-state index contributed by atoms with van der Waals surface area (Å²) in [6, 6.07) is 0. The van der Waals surface area contributed by atoms with Crippen LogP contribution in [0.3, 0.4) is 0 Å². The summed E-state index contributed by atoms with van der Waals surface area (Å²) in [5.74, 6) is 0. The maximum atomic E-state index is 4.90. The van der Waals surface area contributed by atoms with Crippen LogP contribution in [-0.4, -0.2) is 13.1 Å². The summed E-state index contributed by atoms with van der Waals surface area (Å²) < 4.78 is 0. The van der Waals surface area contributed by atoms with Crippen LogP contribution < -0.4 is 11.5 Å². The molecule has 3 heteroatoms. The summed E-state index contributed by atoms with van der Waals surface area (Å²) in [5, 5.41) is 5.88. The molecule has 0 aromatic heterocycles. The van der Waals surface area contributed by atoms with Crippen LogP contribution in [0.4, 0.5) is 0 Å². The molecule has 0 heterocycles. The fraction of sp³-hybridized carbons (Fsp3) is 1.00. The molecule has 4 N–H and O–H groups in total.